The molecule has 0 amide bonds. The van der Waals surface area contributed by atoms with Crippen molar-refractivity contribution in [3.63, 3.8) is 0 Å². The number of thioether (sulfide) groups is 1. The first-order valence-electron chi connectivity index (χ1n) is 8.53. The maximum atomic E-state index is 12.6. The van der Waals surface area contributed by atoms with E-state index < -0.39 is 0 Å². The van der Waals surface area contributed by atoms with Gasteiger partial charge in [0.1, 0.15) is 16.4 Å². The summed E-state index contributed by atoms with van der Waals surface area (Å²) in [5.41, 5.74) is 1.51. The molecule has 0 aliphatic heterocycles. The van der Waals surface area contributed by atoms with Crippen molar-refractivity contribution in [1.82, 2.24) is 25.1 Å². The highest BCUT2D eigenvalue weighted by atomic mass is 79.9. The third kappa shape index (κ3) is 3.54. The third-order valence-corrected chi connectivity index (χ3v) is 6.63. The summed E-state index contributed by atoms with van der Waals surface area (Å²) in [6.45, 7) is 0. The topological polar surface area (TPSA) is 100 Å². The number of fused-ring (bicyclic) bond motifs is 1. The second-order valence-electron chi connectivity index (χ2n) is 6.05. The summed E-state index contributed by atoms with van der Waals surface area (Å²) in [5, 5.41) is 10.2. The molecule has 10 heteroatoms. The van der Waals surface area contributed by atoms with E-state index >= 15 is 0 Å². The predicted molar refractivity (Wildman–Crippen MR) is 117 cm³/mol. The molecule has 1 aromatic carbocycles. The summed E-state index contributed by atoms with van der Waals surface area (Å²) in [4.78, 5) is 25.3. The van der Waals surface area contributed by atoms with E-state index in [-0.39, 0.29) is 5.56 Å². The fourth-order valence-electron chi connectivity index (χ4n) is 2.89. The lowest BCUT2D eigenvalue weighted by Crippen LogP contribution is -2.10. The highest BCUT2D eigenvalue weighted by molar-refractivity contribution is 9.10. The normalized spacial score (nSPS) is 11.3. The van der Waals surface area contributed by atoms with Crippen LogP contribution in [0.25, 0.3) is 32.9 Å². The Morgan fingerprint density at radius 1 is 1.14 bits per heavy atom. The van der Waals surface area contributed by atoms with Crippen molar-refractivity contribution in [2.75, 3.05) is 0 Å². The van der Waals surface area contributed by atoms with Gasteiger partial charge in [0.15, 0.2) is 5.82 Å². The van der Waals surface area contributed by atoms with Crippen molar-refractivity contribution in [2.45, 2.75) is 10.9 Å². The lowest BCUT2D eigenvalue weighted by molar-refractivity contribution is 0.583. The number of nitrogens with zero attached hydrogens (tertiary/aromatic N) is 3. The van der Waals surface area contributed by atoms with Gasteiger partial charge in [-0.15, -0.1) is 16.4 Å². The molecule has 0 unspecified atom stereocenters. The number of nitrogens with one attached hydrogen (secondary N) is 2. The number of rotatable bonds is 5. The van der Waals surface area contributed by atoms with Gasteiger partial charge in [-0.1, -0.05) is 45.9 Å². The SMILES string of the molecule is O=c1[nH]c(CSc2n[nH]c(-c3ccccc3Br)n2)nc2scc(-c3ccco3)c12. The van der Waals surface area contributed by atoms with E-state index in [4.69, 9.17) is 4.42 Å². The Hall–Kier alpha value is -2.69. The molecule has 5 rings (SSSR count). The van der Waals surface area contributed by atoms with E-state index in [0.29, 0.717) is 38.5 Å². The van der Waals surface area contributed by atoms with Crippen LogP contribution in [-0.4, -0.2) is 25.1 Å². The van der Waals surface area contributed by atoms with Gasteiger partial charge in [0.25, 0.3) is 5.56 Å². The molecule has 0 atom stereocenters. The number of aromatic nitrogens is 5. The van der Waals surface area contributed by atoms with Gasteiger partial charge in [-0.2, -0.15) is 0 Å². The Labute approximate surface area is 180 Å². The average Bonchev–Trinajstić information content (AvgIpc) is 3.47. The highest BCUT2D eigenvalue weighted by Crippen LogP contribution is 2.31. The Balaban J connectivity index is 1.38. The second kappa shape index (κ2) is 7.62. The molecule has 0 spiro atoms. The van der Waals surface area contributed by atoms with Crippen LogP contribution in [0, 0.1) is 0 Å². The average molecular weight is 486 g/mol. The molecule has 0 saturated carbocycles. The van der Waals surface area contributed by atoms with Gasteiger partial charge in [-0.3, -0.25) is 9.89 Å². The van der Waals surface area contributed by atoms with Crippen LogP contribution in [-0.2, 0) is 5.75 Å². The fraction of sp³-hybridized carbons (Fsp3) is 0.0526. The number of halogens is 1. The molecule has 4 aromatic heterocycles. The van der Waals surface area contributed by atoms with Crippen molar-refractivity contribution >= 4 is 49.2 Å². The molecule has 4 heterocycles. The Bertz CT molecular complexity index is 1360. The van der Waals surface area contributed by atoms with Crippen LogP contribution in [0.2, 0.25) is 0 Å². The van der Waals surface area contributed by atoms with E-state index in [0.717, 1.165) is 15.6 Å². The van der Waals surface area contributed by atoms with Gasteiger partial charge in [0.05, 0.1) is 17.4 Å². The second-order valence-corrected chi connectivity index (χ2v) is 8.71. The minimum absolute atomic E-state index is 0.179. The number of hydrogen-bond donors (Lipinski definition) is 2. The zero-order valence-corrected chi connectivity index (χ0v) is 17.9. The van der Waals surface area contributed by atoms with Crippen LogP contribution < -0.4 is 5.56 Å². The van der Waals surface area contributed by atoms with Gasteiger partial charge in [0.2, 0.25) is 5.16 Å². The smallest absolute Gasteiger partial charge is 0.260 e. The van der Waals surface area contributed by atoms with Crippen molar-refractivity contribution < 1.29 is 4.42 Å². The Kier molecular flexibility index (Phi) is 4.82. The summed E-state index contributed by atoms with van der Waals surface area (Å²) in [6, 6.07) is 11.4. The molecular formula is C19H12BrN5O2S2. The van der Waals surface area contributed by atoms with Gasteiger partial charge >= 0.3 is 0 Å². The van der Waals surface area contributed by atoms with Crippen LogP contribution in [0.3, 0.4) is 0 Å². The quantitative estimate of drug-likeness (QED) is 0.336. The summed E-state index contributed by atoms with van der Waals surface area (Å²) in [7, 11) is 0. The first-order valence-corrected chi connectivity index (χ1v) is 11.2. The van der Waals surface area contributed by atoms with Crippen molar-refractivity contribution in [1.29, 1.82) is 0 Å². The standard InChI is InChI=1S/C19H12BrN5O2S2/c20-12-5-2-1-4-10(12)16-23-19(25-24-16)29-9-14-21-17(26)15-11(8-28-18(15)22-14)13-6-3-7-27-13/h1-8H,9H2,(H,21,22,26)(H,23,24,25). The molecule has 29 heavy (non-hydrogen) atoms. The van der Waals surface area contributed by atoms with E-state index in [2.05, 4.69) is 41.1 Å². The largest absolute Gasteiger partial charge is 0.464 e. The number of H-pyrrole nitrogens is 2. The molecule has 0 aliphatic carbocycles. The maximum Gasteiger partial charge on any atom is 0.260 e. The van der Waals surface area contributed by atoms with Crippen LogP contribution in [0.5, 0.6) is 0 Å². The van der Waals surface area contributed by atoms with E-state index in [1.807, 2.05) is 35.7 Å². The monoisotopic (exact) mass is 485 g/mol. The minimum atomic E-state index is -0.179. The summed E-state index contributed by atoms with van der Waals surface area (Å²) < 4.78 is 6.36. The molecule has 0 bridgehead atoms. The number of benzene rings is 1. The number of aromatic amines is 2. The molecule has 0 aliphatic rings. The summed E-state index contributed by atoms with van der Waals surface area (Å²) >= 11 is 6.34. The highest BCUT2D eigenvalue weighted by Gasteiger charge is 2.15. The first-order chi connectivity index (χ1) is 14.2. The van der Waals surface area contributed by atoms with Gasteiger partial charge in [-0.25, -0.2) is 9.97 Å². The fourth-order valence-corrected chi connectivity index (χ4v) is 4.98. The van der Waals surface area contributed by atoms with E-state index in [9.17, 15) is 4.79 Å². The molecular weight excluding hydrogens is 474 g/mol. The van der Waals surface area contributed by atoms with Gasteiger partial charge in [0, 0.05) is 21.0 Å². The van der Waals surface area contributed by atoms with Crippen molar-refractivity contribution in [2.24, 2.45) is 0 Å². The first kappa shape index (κ1) is 18.3. The molecule has 7 nitrogen and oxygen atoms in total. The molecule has 0 radical (unpaired) electrons. The van der Waals surface area contributed by atoms with Gasteiger partial charge in [-0.05, 0) is 18.2 Å². The number of hydrogen-bond acceptors (Lipinski definition) is 7. The Morgan fingerprint density at radius 2 is 2.03 bits per heavy atom. The molecule has 0 saturated heterocycles. The molecule has 2 N–H and O–H groups in total. The van der Waals surface area contributed by atoms with Crippen molar-refractivity contribution in [3.8, 4) is 22.7 Å². The van der Waals surface area contributed by atoms with E-state index in [1.54, 1.807) is 12.3 Å². The zero-order chi connectivity index (χ0) is 19.8. The van der Waals surface area contributed by atoms with Crippen LogP contribution in [0.15, 0.2) is 66.9 Å². The number of furan rings is 1. The van der Waals surface area contributed by atoms with Gasteiger partial charge < -0.3 is 9.40 Å². The van der Waals surface area contributed by atoms with Crippen LogP contribution in [0.4, 0.5) is 0 Å². The van der Waals surface area contributed by atoms with Crippen molar-refractivity contribution in [3.05, 3.63) is 68.7 Å². The lowest BCUT2D eigenvalue weighted by Gasteiger charge is -2.00. The minimum Gasteiger partial charge on any atom is -0.464 e. The molecule has 5 aromatic rings. The lowest BCUT2D eigenvalue weighted by atomic mass is 10.2. The maximum absolute atomic E-state index is 12.6. The third-order valence-electron chi connectivity index (χ3n) is 4.21. The predicted octanol–water partition coefficient (Wildman–Crippen LogP) is 5.08. The van der Waals surface area contributed by atoms with Crippen LogP contribution >= 0.6 is 39.0 Å². The number of thiophene rings is 1. The summed E-state index contributed by atoms with van der Waals surface area (Å²) in [6.07, 6.45) is 1.59. The zero-order valence-electron chi connectivity index (χ0n) is 14.7. The molecule has 144 valence electrons. The van der Waals surface area contributed by atoms with Crippen LogP contribution in [0.1, 0.15) is 5.82 Å². The Morgan fingerprint density at radius 3 is 2.86 bits per heavy atom. The van der Waals surface area contributed by atoms with E-state index in [1.165, 1.54) is 23.1 Å². The molecule has 0 fully saturated rings. The summed E-state index contributed by atoms with van der Waals surface area (Å²) in [5.74, 6) is 2.36.